The topological polar surface area (TPSA) is 89.3 Å². The predicted octanol–water partition coefficient (Wildman–Crippen LogP) is 2.23. The van der Waals surface area contributed by atoms with E-state index < -0.39 is 15.8 Å². The summed E-state index contributed by atoms with van der Waals surface area (Å²) in [5.74, 6) is -1.41. The molecule has 2 aromatic rings. The number of rotatable bonds is 5. The van der Waals surface area contributed by atoms with Crippen LogP contribution in [-0.4, -0.2) is 29.3 Å². The first kappa shape index (κ1) is 15.5. The van der Waals surface area contributed by atoms with Crippen LogP contribution >= 0.6 is 11.6 Å². The van der Waals surface area contributed by atoms with Crippen LogP contribution in [0.1, 0.15) is 22.8 Å². The van der Waals surface area contributed by atoms with E-state index in [1.165, 1.54) is 18.3 Å². The molecule has 0 aliphatic rings. The van der Waals surface area contributed by atoms with Gasteiger partial charge in [-0.25, -0.2) is 13.2 Å². The average molecular weight is 329 g/mol. The number of carboxylic acid groups (broad SMARTS) is 1. The molecule has 21 heavy (non-hydrogen) atoms. The monoisotopic (exact) mass is 328 g/mol. The van der Waals surface area contributed by atoms with Gasteiger partial charge in [0, 0.05) is 18.3 Å². The quantitative estimate of drug-likeness (QED) is 0.909. The number of aromatic nitrogens is 2. The van der Waals surface area contributed by atoms with E-state index in [1.807, 2.05) is 6.92 Å². The number of sulfone groups is 1. The van der Waals surface area contributed by atoms with Gasteiger partial charge in [0.1, 0.15) is 0 Å². The lowest BCUT2D eigenvalue weighted by Gasteiger charge is -2.05. The molecule has 0 radical (unpaired) electrons. The van der Waals surface area contributed by atoms with Gasteiger partial charge in [-0.3, -0.25) is 4.68 Å². The van der Waals surface area contributed by atoms with Crippen LogP contribution in [0.3, 0.4) is 0 Å². The summed E-state index contributed by atoms with van der Waals surface area (Å²) in [4.78, 5) is 10.9. The summed E-state index contributed by atoms with van der Waals surface area (Å²) in [5.41, 5.74) is 0.435. The van der Waals surface area contributed by atoms with Gasteiger partial charge in [-0.15, -0.1) is 0 Å². The maximum atomic E-state index is 12.3. The molecule has 1 aromatic carbocycles. The smallest absolute Gasteiger partial charge is 0.337 e. The Morgan fingerprint density at radius 2 is 2.14 bits per heavy atom. The summed E-state index contributed by atoms with van der Waals surface area (Å²) in [6, 6.07) is 3.59. The summed E-state index contributed by atoms with van der Waals surface area (Å²) < 4.78 is 26.2. The largest absolute Gasteiger partial charge is 0.478 e. The molecule has 1 aromatic heterocycles. The summed E-state index contributed by atoms with van der Waals surface area (Å²) in [6.07, 6.45) is 3.15. The van der Waals surface area contributed by atoms with Crippen LogP contribution in [0.5, 0.6) is 0 Å². The zero-order chi connectivity index (χ0) is 15.6. The van der Waals surface area contributed by atoms with Crippen LogP contribution in [0.25, 0.3) is 0 Å². The van der Waals surface area contributed by atoms with Gasteiger partial charge in [-0.2, -0.15) is 5.10 Å². The van der Waals surface area contributed by atoms with Crippen molar-refractivity contribution in [2.24, 2.45) is 0 Å². The molecule has 1 N–H and O–H groups in total. The third-order valence-electron chi connectivity index (χ3n) is 2.90. The van der Waals surface area contributed by atoms with E-state index in [0.717, 1.165) is 6.07 Å². The number of nitrogens with zero attached hydrogens (tertiary/aromatic N) is 2. The molecule has 0 spiro atoms. The van der Waals surface area contributed by atoms with Crippen molar-refractivity contribution in [1.29, 1.82) is 0 Å². The van der Waals surface area contributed by atoms with E-state index in [4.69, 9.17) is 16.7 Å². The summed E-state index contributed by atoms with van der Waals surface area (Å²) in [7, 11) is -3.60. The van der Waals surface area contributed by atoms with Gasteiger partial charge in [-0.05, 0) is 25.1 Å². The highest BCUT2D eigenvalue weighted by atomic mass is 35.5. The molecule has 0 saturated heterocycles. The minimum absolute atomic E-state index is 0.0123. The molecule has 0 aliphatic heterocycles. The van der Waals surface area contributed by atoms with Crippen LogP contribution in [0.15, 0.2) is 35.5 Å². The molecule has 0 atom stereocenters. The number of hydrogen-bond donors (Lipinski definition) is 1. The Balaban J connectivity index is 2.31. The van der Waals surface area contributed by atoms with E-state index >= 15 is 0 Å². The highest BCUT2D eigenvalue weighted by Gasteiger charge is 2.19. The second kappa shape index (κ2) is 5.87. The highest BCUT2D eigenvalue weighted by Crippen LogP contribution is 2.23. The number of hydrogen-bond acceptors (Lipinski definition) is 4. The normalized spacial score (nSPS) is 11.5. The number of benzene rings is 1. The average Bonchev–Trinajstić information content (AvgIpc) is 2.85. The van der Waals surface area contributed by atoms with Crippen molar-refractivity contribution >= 4 is 27.4 Å². The fraction of sp³-hybridized carbons (Fsp3) is 0.231. The second-order valence-electron chi connectivity index (χ2n) is 4.41. The van der Waals surface area contributed by atoms with Crippen molar-refractivity contribution in [3.63, 3.8) is 0 Å². The Labute approximate surface area is 126 Å². The molecule has 0 bridgehead atoms. The number of carbonyl (C=O) groups is 1. The first-order valence-electron chi connectivity index (χ1n) is 6.10. The number of halogens is 1. The molecule has 6 nitrogen and oxygen atoms in total. The molecular weight excluding hydrogens is 316 g/mol. The molecule has 2 rings (SSSR count). The summed E-state index contributed by atoms with van der Waals surface area (Å²) >= 11 is 5.80. The van der Waals surface area contributed by atoms with Crippen molar-refractivity contribution in [2.45, 2.75) is 24.1 Å². The van der Waals surface area contributed by atoms with Gasteiger partial charge in [0.05, 0.1) is 27.4 Å². The molecule has 112 valence electrons. The minimum Gasteiger partial charge on any atom is -0.478 e. The van der Waals surface area contributed by atoms with Gasteiger partial charge in [0.2, 0.25) is 0 Å². The number of aryl methyl sites for hydroxylation is 1. The Morgan fingerprint density at radius 3 is 2.67 bits per heavy atom. The second-order valence-corrected chi connectivity index (χ2v) is 6.81. The fourth-order valence-electron chi connectivity index (χ4n) is 1.82. The number of aromatic carboxylic acids is 1. The first-order chi connectivity index (χ1) is 9.83. The van der Waals surface area contributed by atoms with Crippen LogP contribution in [0.2, 0.25) is 5.02 Å². The summed E-state index contributed by atoms with van der Waals surface area (Å²) in [6.45, 7) is 2.55. The van der Waals surface area contributed by atoms with E-state index in [1.54, 1.807) is 10.9 Å². The Bertz CT molecular complexity index is 783. The van der Waals surface area contributed by atoms with Crippen molar-refractivity contribution in [3.8, 4) is 0 Å². The summed E-state index contributed by atoms with van der Waals surface area (Å²) in [5, 5.41) is 12.8. The molecule has 1 heterocycles. The third-order valence-corrected chi connectivity index (χ3v) is 4.90. The maximum Gasteiger partial charge on any atom is 0.337 e. The van der Waals surface area contributed by atoms with Gasteiger partial charge >= 0.3 is 5.97 Å². The molecule has 0 aliphatic carbocycles. The van der Waals surface area contributed by atoms with Crippen molar-refractivity contribution in [2.75, 3.05) is 0 Å². The van der Waals surface area contributed by atoms with E-state index in [0.29, 0.717) is 12.1 Å². The molecular formula is C13H13ClN2O4S. The van der Waals surface area contributed by atoms with Crippen molar-refractivity contribution in [3.05, 3.63) is 46.7 Å². The molecule has 0 unspecified atom stereocenters. The van der Waals surface area contributed by atoms with E-state index in [2.05, 4.69) is 5.10 Å². The van der Waals surface area contributed by atoms with Crippen LogP contribution in [-0.2, 0) is 22.1 Å². The van der Waals surface area contributed by atoms with Crippen LogP contribution in [0.4, 0.5) is 0 Å². The van der Waals surface area contributed by atoms with Gasteiger partial charge in [-0.1, -0.05) is 11.6 Å². The van der Waals surface area contributed by atoms with Crippen molar-refractivity contribution < 1.29 is 18.3 Å². The fourth-order valence-corrected chi connectivity index (χ4v) is 3.47. The Morgan fingerprint density at radius 1 is 1.43 bits per heavy atom. The lowest BCUT2D eigenvalue weighted by Crippen LogP contribution is -2.06. The predicted molar refractivity (Wildman–Crippen MR) is 77.2 cm³/mol. The molecule has 0 saturated carbocycles. The van der Waals surface area contributed by atoms with E-state index in [-0.39, 0.29) is 21.2 Å². The molecule has 0 fully saturated rings. The Kier molecular flexibility index (Phi) is 4.34. The minimum atomic E-state index is -3.60. The lowest BCUT2D eigenvalue weighted by atomic mass is 10.2. The SMILES string of the molecule is CCn1cc(CS(=O)(=O)c2ccc(C(=O)O)c(Cl)c2)cn1. The standard InChI is InChI=1S/C13H13ClN2O4S/c1-2-16-7-9(6-15-16)8-21(19,20)10-3-4-11(13(17)18)12(14)5-10/h3-7H,2,8H2,1H3,(H,17,18). The van der Waals surface area contributed by atoms with Gasteiger partial charge < -0.3 is 5.11 Å². The third kappa shape index (κ3) is 3.43. The molecule has 8 heteroatoms. The molecule has 0 amide bonds. The van der Waals surface area contributed by atoms with Crippen LogP contribution < -0.4 is 0 Å². The van der Waals surface area contributed by atoms with Gasteiger partial charge in [0.15, 0.2) is 9.84 Å². The zero-order valence-electron chi connectivity index (χ0n) is 11.2. The highest BCUT2D eigenvalue weighted by molar-refractivity contribution is 7.90. The maximum absolute atomic E-state index is 12.3. The van der Waals surface area contributed by atoms with Crippen molar-refractivity contribution in [1.82, 2.24) is 9.78 Å². The van der Waals surface area contributed by atoms with Crippen LogP contribution in [0, 0.1) is 0 Å². The first-order valence-corrected chi connectivity index (χ1v) is 8.13. The van der Waals surface area contributed by atoms with E-state index in [9.17, 15) is 13.2 Å². The van der Waals surface area contributed by atoms with Gasteiger partial charge in [0.25, 0.3) is 0 Å². The zero-order valence-corrected chi connectivity index (χ0v) is 12.7. The Hall–Kier alpha value is -1.86. The number of carboxylic acids is 1. The lowest BCUT2D eigenvalue weighted by molar-refractivity contribution is 0.0697.